The highest BCUT2D eigenvalue weighted by atomic mass is 127. The number of ether oxygens (including phenoxy) is 1. The van der Waals surface area contributed by atoms with Crippen LogP contribution in [0.4, 0.5) is 4.79 Å². The second-order valence-corrected chi connectivity index (χ2v) is 5.88. The van der Waals surface area contributed by atoms with Gasteiger partial charge in [-0.2, -0.15) is 0 Å². The predicted molar refractivity (Wildman–Crippen MR) is 80.2 cm³/mol. The minimum absolute atomic E-state index is 0.0531. The molecule has 1 aliphatic heterocycles. The van der Waals surface area contributed by atoms with Crippen molar-refractivity contribution in [2.45, 2.75) is 19.1 Å². The van der Waals surface area contributed by atoms with Gasteiger partial charge in [0.2, 0.25) is 0 Å². The van der Waals surface area contributed by atoms with Gasteiger partial charge < -0.3 is 20.1 Å². The quantitative estimate of drug-likeness (QED) is 0.782. The number of aliphatic hydroxyl groups excluding tert-OH is 1. The van der Waals surface area contributed by atoms with Crippen LogP contribution in [-0.2, 0) is 0 Å². The van der Waals surface area contributed by atoms with Crippen LogP contribution >= 0.6 is 22.6 Å². The van der Waals surface area contributed by atoms with Crippen LogP contribution in [0.3, 0.4) is 0 Å². The molecule has 1 aliphatic rings. The van der Waals surface area contributed by atoms with Crippen molar-refractivity contribution in [3.63, 3.8) is 0 Å². The molecule has 0 spiro atoms. The van der Waals surface area contributed by atoms with Gasteiger partial charge in [-0.1, -0.05) is 0 Å². The van der Waals surface area contributed by atoms with E-state index < -0.39 is 6.10 Å². The summed E-state index contributed by atoms with van der Waals surface area (Å²) in [4.78, 5) is 13.3. The van der Waals surface area contributed by atoms with Crippen LogP contribution in [0.5, 0.6) is 5.75 Å². The molecule has 0 bridgehead atoms. The summed E-state index contributed by atoms with van der Waals surface area (Å²) >= 11 is 2.24. The van der Waals surface area contributed by atoms with Gasteiger partial charge >= 0.3 is 6.03 Å². The van der Waals surface area contributed by atoms with Gasteiger partial charge in [0.25, 0.3) is 0 Å². The minimum Gasteiger partial charge on any atom is -0.487 e. The van der Waals surface area contributed by atoms with E-state index in [1.807, 2.05) is 24.3 Å². The van der Waals surface area contributed by atoms with Crippen LogP contribution in [0.2, 0.25) is 0 Å². The highest BCUT2D eigenvalue weighted by Gasteiger charge is 2.32. The number of rotatable bonds is 4. The summed E-state index contributed by atoms with van der Waals surface area (Å²) < 4.78 is 6.90. The summed E-state index contributed by atoms with van der Waals surface area (Å²) in [7, 11) is 0. The summed E-state index contributed by atoms with van der Waals surface area (Å²) in [6, 6.07) is 7.68. The number of likely N-dealkylation sites (tertiary alicyclic amines) is 1. The van der Waals surface area contributed by atoms with E-state index in [0.29, 0.717) is 13.1 Å². The Bertz CT molecular complexity index is 430. The van der Waals surface area contributed by atoms with E-state index in [2.05, 4.69) is 27.9 Å². The van der Waals surface area contributed by atoms with Crippen molar-refractivity contribution >= 4 is 28.6 Å². The number of amides is 2. The summed E-state index contributed by atoms with van der Waals surface area (Å²) in [6.45, 7) is 3.08. The molecule has 1 heterocycles. The van der Waals surface area contributed by atoms with Crippen molar-refractivity contribution in [3.05, 3.63) is 27.8 Å². The molecule has 2 rings (SSSR count). The molecule has 104 valence electrons. The number of hydrogen-bond acceptors (Lipinski definition) is 3. The number of nitrogens with one attached hydrogen (secondary N) is 1. The molecule has 1 saturated heterocycles. The number of carbonyl (C=O) groups excluding carboxylic acids is 1. The molecular formula is C13H17IN2O3. The smallest absolute Gasteiger partial charge is 0.317 e. The van der Waals surface area contributed by atoms with E-state index in [0.717, 1.165) is 9.32 Å². The van der Waals surface area contributed by atoms with Crippen LogP contribution in [-0.4, -0.2) is 47.9 Å². The average molecular weight is 376 g/mol. The van der Waals surface area contributed by atoms with Gasteiger partial charge in [-0.05, 0) is 53.8 Å². The summed E-state index contributed by atoms with van der Waals surface area (Å²) in [5, 5.41) is 11.7. The first-order valence-corrected chi connectivity index (χ1v) is 7.25. The number of carbonyl (C=O) groups is 1. The molecule has 1 aromatic carbocycles. The lowest BCUT2D eigenvalue weighted by atomic mass is 10.2. The molecule has 1 fully saturated rings. The topological polar surface area (TPSA) is 61.8 Å². The maximum atomic E-state index is 11.6. The van der Waals surface area contributed by atoms with Crippen molar-refractivity contribution in [3.8, 4) is 5.75 Å². The van der Waals surface area contributed by atoms with Gasteiger partial charge in [-0.15, -0.1) is 0 Å². The molecule has 1 atom stereocenters. The SMILES string of the molecule is C[C@@H](O)CNC(=O)N1CC(Oc2ccc(I)cc2)C1. The van der Waals surface area contributed by atoms with Crippen LogP contribution in [0, 0.1) is 3.57 Å². The lowest BCUT2D eigenvalue weighted by Crippen LogP contribution is -2.59. The van der Waals surface area contributed by atoms with Crippen molar-refractivity contribution in [2.24, 2.45) is 0 Å². The Morgan fingerprint density at radius 2 is 2.16 bits per heavy atom. The Hall–Kier alpha value is -1.02. The van der Waals surface area contributed by atoms with Gasteiger partial charge in [-0.3, -0.25) is 0 Å². The summed E-state index contributed by atoms with van der Waals surface area (Å²) in [5.74, 6) is 0.828. The number of halogens is 1. The van der Waals surface area contributed by atoms with Crippen LogP contribution < -0.4 is 10.1 Å². The lowest BCUT2D eigenvalue weighted by Gasteiger charge is -2.38. The molecule has 1 aromatic rings. The zero-order chi connectivity index (χ0) is 13.8. The van der Waals surface area contributed by atoms with Gasteiger partial charge in [0.05, 0.1) is 19.2 Å². The largest absolute Gasteiger partial charge is 0.487 e. The normalized spacial score (nSPS) is 16.7. The third-order valence-corrected chi connectivity index (χ3v) is 3.52. The van der Waals surface area contributed by atoms with Gasteiger partial charge in [0.1, 0.15) is 11.9 Å². The van der Waals surface area contributed by atoms with Crippen molar-refractivity contribution in [2.75, 3.05) is 19.6 Å². The number of aliphatic hydroxyl groups is 1. The Morgan fingerprint density at radius 3 is 2.74 bits per heavy atom. The first-order chi connectivity index (χ1) is 9.04. The third-order valence-electron chi connectivity index (χ3n) is 2.80. The monoisotopic (exact) mass is 376 g/mol. The fourth-order valence-corrected chi connectivity index (χ4v) is 2.09. The van der Waals surface area contributed by atoms with E-state index >= 15 is 0 Å². The maximum Gasteiger partial charge on any atom is 0.317 e. The Kier molecular flexibility index (Phi) is 4.87. The predicted octanol–water partition coefficient (Wildman–Crippen LogP) is 1.44. The molecule has 19 heavy (non-hydrogen) atoms. The number of nitrogens with zero attached hydrogens (tertiary/aromatic N) is 1. The minimum atomic E-state index is -0.524. The lowest BCUT2D eigenvalue weighted by molar-refractivity contribution is 0.0433. The molecule has 0 aliphatic carbocycles. The van der Waals surface area contributed by atoms with E-state index in [1.54, 1.807) is 11.8 Å². The van der Waals surface area contributed by atoms with E-state index in [-0.39, 0.29) is 18.7 Å². The number of hydrogen-bond donors (Lipinski definition) is 2. The second kappa shape index (κ2) is 6.42. The van der Waals surface area contributed by atoms with Crippen molar-refractivity contribution in [1.29, 1.82) is 0 Å². The van der Waals surface area contributed by atoms with Gasteiger partial charge in [0.15, 0.2) is 0 Å². The third kappa shape index (κ3) is 4.24. The van der Waals surface area contributed by atoms with Crippen LogP contribution in [0.25, 0.3) is 0 Å². The second-order valence-electron chi connectivity index (χ2n) is 4.63. The highest BCUT2D eigenvalue weighted by molar-refractivity contribution is 14.1. The molecule has 0 radical (unpaired) electrons. The Labute approximate surface area is 126 Å². The summed E-state index contributed by atoms with van der Waals surface area (Å²) in [5.41, 5.74) is 0. The molecule has 2 amide bonds. The first kappa shape index (κ1) is 14.4. The van der Waals surface area contributed by atoms with E-state index in [4.69, 9.17) is 9.84 Å². The number of urea groups is 1. The van der Waals surface area contributed by atoms with Crippen LogP contribution in [0.1, 0.15) is 6.92 Å². The molecule has 0 unspecified atom stereocenters. The Balaban J connectivity index is 1.71. The fourth-order valence-electron chi connectivity index (χ4n) is 1.73. The molecule has 0 saturated carbocycles. The van der Waals surface area contributed by atoms with Crippen molar-refractivity contribution < 1.29 is 14.6 Å². The highest BCUT2D eigenvalue weighted by Crippen LogP contribution is 2.19. The van der Waals surface area contributed by atoms with E-state index in [9.17, 15) is 4.79 Å². The first-order valence-electron chi connectivity index (χ1n) is 6.17. The average Bonchev–Trinajstić information content (AvgIpc) is 2.32. The zero-order valence-electron chi connectivity index (χ0n) is 10.7. The standard InChI is InChI=1S/C13H17IN2O3/c1-9(17)6-15-13(18)16-7-12(8-16)19-11-4-2-10(14)3-5-11/h2-5,9,12,17H,6-8H2,1H3,(H,15,18)/t9-/m1/s1. The van der Waals surface area contributed by atoms with Crippen molar-refractivity contribution in [1.82, 2.24) is 10.2 Å². The van der Waals surface area contributed by atoms with Gasteiger partial charge in [0, 0.05) is 10.1 Å². The fraction of sp³-hybridized carbons (Fsp3) is 0.462. The zero-order valence-corrected chi connectivity index (χ0v) is 12.8. The maximum absolute atomic E-state index is 11.6. The summed E-state index contributed by atoms with van der Waals surface area (Å²) in [6.07, 6.45) is -0.471. The number of benzene rings is 1. The Morgan fingerprint density at radius 1 is 1.53 bits per heavy atom. The molecule has 6 heteroatoms. The van der Waals surface area contributed by atoms with E-state index in [1.165, 1.54) is 0 Å². The van der Waals surface area contributed by atoms with Gasteiger partial charge in [-0.25, -0.2) is 4.79 Å². The molecular weight excluding hydrogens is 359 g/mol. The molecule has 2 N–H and O–H groups in total. The van der Waals surface area contributed by atoms with Crippen LogP contribution in [0.15, 0.2) is 24.3 Å². The molecule has 5 nitrogen and oxygen atoms in total. The molecule has 0 aromatic heterocycles.